The number of aromatic nitrogens is 5. The highest BCUT2D eigenvalue weighted by molar-refractivity contribution is 8.25. The van der Waals surface area contributed by atoms with Crippen LogP contribution in [0.25, 0.3) is 51.4 Å². The second kappa shape index (κ2) is 13.7. The van der Waals surface area contributed by atoms with Crippen molar-refractivity contribution >= 4 is 49.9 Å². The van der Waals surface area contributed by atoms with Crippen LogP contribution in [0.4, 0.5) is 4.39 Å². The minimum atomic E-state index is -1.44. The molecule has 0 radical (unpaired) electrons. The number of benzene rings is 3. The number of H-pyrrole nitrogens is 2. The van der Waals surface area contributed by atoms with Gasteiger partial charge in [0.15, 0.2) is 5.82 Å². The molecule has 0 aliphatic carbocycles. The molecule has 9 heteroatoms. The van der Waals surface area contributed by atoms with E-state index in [0.29, 0.717) is 24.6 Å². The van der Waals surface area contributed by atoms with Crippen molar-refractivity contribution in [2.75, 3.05) is 6.26 Å². The van der Waals surface area contributed by atoms with Gasteiger partial charge in [-0.2, -0.15) is 14.5 Å². The maximum absolute atomic E-state index is 14.8. The van der Waals surface area contributed by atoms with E-state index in [4.69, 9.17) is 4.98 Å². The number of allylic oxidation sites excluding steroid dienone is 1. The van der Waals surface area contributed by atoms with Gasteiger partial charge in [0.2, 0.25) is 0 Å². The first-order valence-corrected chi connectivity index (χ1v) is 17.6. The van der Waals surface area contributed by atoms with Crippen LogP contribution < -0.4 is 20.6 Å². The number of nitrogens with one attached hydrogen (secondary N) is 4. The smallest absolute Gasteiger partial charge is 0.159 e. The Morgan fingerprint density at radius 1 is 0.936 bits per heavy atom. The summed E-state index contributed by atoms with van der Waals surface area (Å²) in [7, 11) is -1.44. The van der Waals surface area contributed by atoms with E-state index in [1.54, 1.807) is 0 Å². The second-order valence-corrected chi connectivity index (χ2v) is 14.6. The van der Waals surface area contributed by atoms with Gasteiger partial charge in [0.05, 0.1) is 16.4 Å². The van der Waals surface area contributed by atoms with E-state index in [-0.39, 0.29) is 5.82 Å². The molecule has 0 amide bonds. The SMILES string of the molecule is C=C(/C=c1/c(-c2nc3c(-c4cc(F)cc(CNS(=C)(=C)C)c4)cccc3[nH]2)n[nH]/c1=C/C)c1cncc(CNCc2ccccc2)c1. The molecule has 3 aromatic carbocycles. The minimum Gasteiger partial charge on any atom is -0.337 e. The first kappa shape index (κ1) is 31.9. The molecule has 0 fully saturated rings. The Morgan fingerprint density at radius 2 is 1.74 bits per heavy atom. The molecule has 3 heterocycles. The van der Waals surface area contributed by atoms with Crippen LogP contribution in [0.15, 0.2) is 91.8 Å². The van der Waals surface area contributed by atoms with Crippen molar-refractivity contribution in [1.82, 2.24) is 35.2 Å². The van der Waals surface area contributed by atoms with Gasteiger partial charge in [-0.1, -0.05) is 66.9 Å². The number of hydrogen-bond donors (Lipinski definition) is 4. The summed E-state index contributed by atoms with van der Waals surface area (Å²) in [5, 5.41) is 13.0. The van der Waals surface area contributed by atoms with Crippen LogP contribution in [-0.4, -0.2) is 43.1 Å². The number of para-hydroxylation sites is 1. The molecule has 0 aliphatic rings. The Bertz CT molecular complexity index is 2300. The fourth-order valence-electron chi connectivity index (χ4n) is 5.42. The average molecular weight is 644 g/mol. The lowest BCUT2D eigenvalue weighted by Gasteiger charge is -2.12. The van der Waals surface area contributed by atoms with Crippen LogP contribution in [0.2, 0.25) is 0 Å². The van der Waals surface area contributed by atoms with Gasteiger partial charge in [0.1, 0.15) is 11.5 Å². The molecule has 7 nitrogen and oxygen atoms in total. The molecule has 0 unspecified atom stereocenters. The molecule has 0 bridgehead atoms. The predicted octanol–water partition coefficient (Wildman–Crippen LogP) is 6.04. The number of nitrogens with zero attached hydrogens (tertiary/aromatic N) is 3. The molecule has 6 aromatic rings. The zero-order chi connectivity index (χ0) is 33.0. The van der Waals surface area contributed by atoms with E-state index in [1.807, 2.05) is 80.2 Å². The van der Waals surface area contributed by atoms with Crippen molar-refractivity contribution in [1.29, 1.82) is 0 Å². The van der Waals surface area contributed by atoms with E-state index in [1.165, 1.54) is 17.7 Å². The Hall–Kier alpha value is -5.09. The molecule has 6 rings (SSSR count). The molecule has 47 heavy (non-hydrogen) atoms. The maximum atomic E-state index is 14.8. The zero-order valence-corrected chi connectivity index (χ0v) is 27.4. The van der Waals surface area contributed by atoms with Gasteiger partial charge in [0.25, 0.3) is 0 Å². The zero-order valence-electron chi connectivity index (χ0n) is 26.6. The van der Waals surface area contributed by atoms with Crippen LogP contribution in [0.5, 0.6) is 0 Å². The predicted molar refractivity (Wildman–Crippen MR) is 198 cm³/mol. The first-order chi connectivity index (χ1) is 22.7. The maximum Gasteiger partial charge on any atom is 0.159 e. The number of aromatic amines is 2. The largest absolute Gasteiger partial charge is 0.337 e. The Labute approximate surface area is 274 Å². The quantitative estimate of drug-likeness (QED) is 0.129. The fourth-order valence-corrected chi connectivity index (χ4v) is 5.93. The lowest BCUT2D eigenvalue weighted by Crippen LogP contribution is -2.23. The Morgan fingerprint density at radius 3 is 2.53 bits per heavy atom. The minimum absolute atomic E-state index is 0.312. The van der Waals surface area contributed by atoms with Crippen molar-refractivity contribution in [3.8, 4) is 22.6 Å². The number of hydrogen-bond acceptors (Lipinski definition) is 5. The lowest BCUT2D eigenvalue weighted by molar-refractivity contribution is 0.625. The standard InChI is InChI=1S/C38H38FN7S/c1-6-34-33(15-25(2)30-17-28(22-41-24-30)21-40-20-26-11-8-7-9-12-26)37(46-45-34)38-43-35-14-10-13-32(36(35)44-38)29-16-27(18-31(39)19-29)23-42-47(3,4)5/h6-19,22,24,40,42,45H,2-4,20-21,23H2,1,5H3,(H,43,44)/b33-15+,34-6+. The van der Waals surface area contributed by atoms with Gasteiger partial charge in [-0.15, -0.1) is 0 Å². The summed E-state index contributed by atoms with van der Waals surface area (Å²) in [6.45, 7) is 8.26. The van der Waals surface area contributed by atoms with Crippen molar-refractivity contribution in [3.05, 3.63) is 130 Å². The van der Waals surface area contributed by atoms with E-state index >= 15 is 0 Å². The molecule has 0 spiro atoms. The normalized spacial score (nSPS) is 12.7. The van der Waals surface area contributed by atoms with Crippen LogP contribution in [-0.2, 0) is 19.6 Å². The Balaban J connectivity index is 1.31. The van der Waals surface area contributed by atoms with Crippen molar-refractivity contribution < 1.29 is 4.39 Å². The highest BCUT2D eigenvalue weighted by Crippen LogP contribution is 2.30. The number of pyridine rings is 1. The molecule has 0 aliphatic heterocycles. The van der Waals surface area contributed by atoms with Crippen LogP contribution >= 0.6 is 9.39 Å². The number of fused-ring (bicyclic) bond motifs is 1. The molecule has 0 saturated heterocycles. The molecular formula is C38H38FN7S. The second-order valence-electron chi connectivity index (χ2n) is 11.8. The van der Waals surface area contributed by atoms with Gasteiger partial charge in [-0.05, 0) is 83.0 Å². The molecule has 238 valence electrons. The summed E-state index contributed by atoms with van der Waals surface area (Å²) in [6, 6.07) is 23.3. The van der Waals surface area contributed by atoms with Crippen molar-refractivity contribution in [2.24, 2.45) is 0 Å². The van der Waals surface area contributed by atoms with Gasteiger partial charge in [-0.25, -0.2) is 9.37 Å². The lowest BCUT2D eigenvalue weighted by atomic mass is 10.0. The summed E-state index contributed by atoms with van der Waals surface area (Å²) >= 11 is 0. The number of halogens is 1. The summed E-state index contributed by atoms with van der Waals surface area (Å²) in [6.07, 6.45) is 9.62. The summed E-state index contributed by atoms with van der Waals surface area (Å²) < 4.78 is 18.1. The molecule has 0 atom stereocenters. The van der Waals surface area contributed by atoms with E-state index in [2.05, 4.69) is 66.7 Å². The molecule has 4 N–H and O–H groups in total. The summed E-state index contributed by atoms with van der Waals surface area (Å²) in [5.74, 6) is 8.41. The monoisotopic (exact) mass is 643 g/mol. The van der Waals surface area contributed by atoms with Crippen molar-refractivity contribution in [3.63, 3.8) is 0 Å². The van der Waals surface area contributed by atoms with E-state index in [9.17, 15) is 4.39 Å². The highest BCUT2D eigenvalue weighted by atomic mass is 32.2. The number of imidazole rings is 1. The van der Waals surface area contributed by atoms with Crippen LogP contribution in [0.1, 0.15) is 29.2 Å². The highest BCUT2D eigenvalue weighted by Gasteiger charge is 2.15. The van der Waals surface area contributed by atoms with Crippen LogP contribution in [0, 0.1) is 5.82 Å². The Kier molecular flexibility index (Phi) is 9.31. The van der Waals surface area contributed by atoms with Gasteiger partial charge < -0.3 is 10.3 Å². The van der Waals surface area contributed by atoms with Gasteiger partial charge in [-0.3, -0.25) is 14.8 Å². The third-order valence-electron chi connectivity index (χ3n) is 7.74. The third kappa shape index (κ3) is 7.66. The first-order valence-electron chi connectivity index (χ1n) is 15.2. The van der Waals surface area contributed by atoms with Crippen molar-refractivity contribution in [2.45, 2.75) is 26.6 Å². The van der Waals surface area contributed by atoms with Gasteiger partial charge >= 0.3 is 0 Å². The third-order valence-corrected chi connectivity index (χ3v) is 8.58. The molecular weight excluding hydrogens is 606 g/mol. The topological polar surface area (TPSA) is 94.3 Å². The average Bonchev–Trinajstić information content (AvgIpc) is 3.67. The fraction of sp³-hybridized carbons (Fsp3) is 0.132. The van der Waals surface area contributed by atoms with Crippen LogP contribution in [0.3, 0.4) is 0 Å². The summed E-state index contributed by atoms with van der Waals surface area (Å²) in [5.41, 5.74) is 8.60. The van der Waals surface area contributed by atoms with E-state index < -0.39 is 9.39 Å². The summed E-state index contributed by atoms with van der Waals surface area (Å²) in [4.78, 5) is 12.9. The molecule has 3 aromatic heterocycles. The van der Waals surface area contributed by atoms with E-state index in [0.717, 1.165) is 61.5 Å². The van der Waals surface area contributed by atoms with Gasteiger partial charge in [0, 0.05) is 42.8 Å². The molecule has 0 saturated carbocycles. The number of rotatable bonds is 11.